The van der Waals surface area contributed by atoms with Crippen LogP contribution in [0.15, 0.2) is 30.3 Å². The highest BCUT2D eigenvalue weighted by atomic mass is 32.2. The van der Waals surface area contributed by atoms with Gasteiger partial charge < -0.3 is 0 Å². The van der Waals surface area contributed by atoms with Crippen molar-refractivity contribution in [3.8, 4) is 0 Å². The minimum atomic E-state index is -3.01. The molecule has 19 heavy (non-hydrogen) atoms. The molecule has 0 aromatic heterocycles. The number of rotatable bonds is 3. The highest BCUT2D eigenvalue weighted by Crippen LogP contribution is 2.32. The summed E-state index contributed by atoms with van der Waals surface area (Å²) in [5, 5.41) is 0. The summed E-state index contributed by atoms with van der Waals surface area (Å²) >= 11 is 0. The van der Waals surface area contributed by atoms with Gasteiger partial charge in [0.05, 0.1) is 6.26 Å². The molecule has 2 aliphatic rings. The number of nitrogens with zero attached hydrogens (tertiary/aromatic N) is 2. The topological polar surface area (TPSA) is 40.6 Å². The zero-order valence-corrected chi connectivity index (χ0v) is 12.0. The zero-order valence-electron chi connectivity index (χ0n) is 11.2. The highest BCUT2D eigenvalue weighted by molar-refractivity contribution is 7.88. The Morgan fingerprint density at radius 1 is 1.05 bits per heavy atom. The van der Waals surface area contributed by atoms with Gasteiger partial charge in [0.15, 0.2) is 0 Å². The lowest BCUT2D eigenvalue weighted by Crippen LogP contribution is -2.32. The lowest BCUT2D eigenvalue weighted by Gasteiger charge is -2.20. The largest absolute Gasteiger partial charge is 0.298 e. The molecule has 0 amide bonds. The number of sulfonamides is 1. The van der Waals surface area contributed by atoms with E-state index in [0.717, 1.165) is 19.6 Å². The summed E-state index contributed by atoms with van der Waals surface area (Å²) in [5.41, 5.74) is 1.34. The summed E-state index contributed by atoms with van der Waals surface area (Å²) < 4.78 is 24.7. The Labute approximate surface area is 115 Å². The minimum absolute atomic E-state index is 0.512. The van der Waals surface area contributed by atoms with E-state index in [0.29, 0.717) is 24.9 Å². The Bertz CT molecular complexity index is 530. The Hall–Kier alpha value is -0.910. The maximum absolute atomic E-state index is 11.5. The average molecular weight is 280 g/mol. The molecular formula is C14H20N2O2S. The molecule has 2 heterocycles. The van der Waals surface area contributed by atoms with Crippen LogP contribution in [0.5, 0.6) is 0 Å². The van der Waals surface area contributed by atoms with Crippen LogP contribution in [0.1, 0.15) is 5.56 Å². The molecule has 3 rings (SSSR count). The fraction of sp³-hybridized carbons (Fsp3) is 0.571. The Morgan fingerprint density at radius 3 is 2.16 bits per heavy atom. The number of benzene rings is 1. The van der Waals surface area contributed by atoms with E-state index in [1.165, 1.54) is 11.8 Å². The van der Waals surface area contributed by atoms with Crippen LogP contribution in [0, 0.1) is 11.8 Å². The van der Waals surface area contributed by atoms with Crippen molar-refractivity contribution in [2.24, 2.45) is 11.8 Å². The normalized spacial score (nSPS) is 28.7. The Balaban J connectivity index is 1.60. The van der Waals surface area contributed by atoms with Crippen LogP contribution in [0.25, 0.3) is 0 Å². The maximum atomic E-state index is 11.5. The van der Waals surface area contributed by atoms with Crippen molar-refractivity contribution in [3.05, 3.63) is 35.9 Å². The molecule has 2 aliphatic heterocycles. The lowest BCUT2D eigenvalue weighted by atomic mass is 10.0. The number of likely N-dealkylation sites (tertiary alicyclic amines) is 1. The van der Waals surface area contributed by atoms with E-state index in [1.807, 2.05) is 6.07 Å². The third-order valence-corrected chi connectivity index (χ3v) is 5.48. The van der Waals surface area contributed by atoms with Gasteiger partial charge >= 0.3 is 0 Å². The summed E-state index contributed by atoms with van der Waals surface area (Å²) in [6.45, 7) is 4.42. The van der Waals surface area contributed by atoms with E-state index >= 15 is 0 Å². The molecular weight excluding hydrogens is 260 g/mol. The van der Waals surface area contributed by atoms with E-state index < -0.39 is 10.0 Å². The van der Waals surface area contributed by atoms with Crippen LogP contribution < -0.4 is 0 Å². The first kappa shape index (κ1) is 13.1. The van der Waals surface area contributed by atoms with E-state index in [9.17, 15) is 8.42 Å². The van der Waals surface area contributed by atoms with E-state index in [1.54, 1.807) is 4.31 Å². The molecule has 0 N–H and O–H groups in total. The number of fused-ring (bicyclic) bond motifs is 1. The second-order valence-electron chi connectivity index (χ2n) is 5.78. The van der Waals surface area contributed by atoms with Crippen molar-refractivity contribution in [1.82, 2.24) is 9.21 Å². The van der Waals surface area contributed by atoms with Gasteiger partial charge in [0.2, 0.25) is 10.0 Å². The molecule has 0 bridgehead atoms. The maximum Gasteiger partial charge on any atom is 0.211 e. The van der Waals surface area contributed by atoms with Crippen LogP contribution in [0.3, 0.4) is 0 Å². The standard InChI is InChI=1S/C14H20N2O2S/c1-19(17,18)16-10-13-8-15(9-14(13)11-16)7-12-5-3-2-4-6-12/h2-6,13-14H,7-11H2,1H3/t13-,14+. The average Bonchev–Trinajstić information content (AvgIpc) is 2.87. The SMILES string of the molecule is CS(=O)(=O)N1C[C@H]2CN(Cc3ccccc3)C[C@H]2C1. The monoisotopic (exact) mass is 280 g/mol. The molecule has 104 valence electrons. The minimum Gasteiger partial charge on any atom is -0.298 e. The van der Waals surface area contributed by atoms with Gasteiger partial charge in [-0.2, -0.15) is 0 Å². The molecule has 0 unspecified atom stereocenters. The fourth-order valence-electron chi connectivity index (χ4n) is 3.29. The Kier molecular flexibility index (Phi) is 3.37. The molecule has 2 fully saturated rings. The second-order valence-corrected chi connectivity index (χ2v) is 7.76. The van der Waals surface area contributed by atoms with Crippen molar-refractivity contribution in [2.75, 3.05) is 32.4 Å². The van der Waals surface area contributed by atoms with Crippen molar-refractivity contribution in [3.63, 3.8) is 0 Å². The predicted molar refractivity (Wildman–Crippen MR) is 75.1 cm³/mol. The van der Waals surface area contributed by atoms with Gasteiger partial charge in [-0.15, -0.1) is 0 Å². The Morgan fingerprint density at radius 2 is 1.63 bits per heavy atom. The second kappa shape index (κ2) is 4.89. The molecule has 0 spiro atoms. The van der Waals surface area contributed by atoms with Gasteiger partial charge in [0.25, 0.3) is 0 Å². The van der Waals surface area contributed by atoms with Gasteiger partial charge in [-0.05, 0) is 17.4 Å². The van der Waals surface area contributed by atoms with Crippen molar-refractivity contribution in [1.29, 1.82) is 0 Å². The molecule has 0 saturated carbocycles. The molecule has 1 aromatic carbocycles. The van der Waals surface area contributed by atoms with Gasteiger partial charge in [0.1, 0.15) is 0 Å². The van der Waals surface area contributed by atoms with Gasteiger partial charge in [-0.25, -0.2) is 12.7 Å². The van der Waals surface area contributed by atoms with Crippen LogP contribution in [-0.2, 0) is 16.6 Å². The van der Waals surface area contributed by atoms with Crippen molar-refractivity contribution >= 4 is 10.0 Å². The van der Waals surface area contributed by atoms with E-state index in [2.05, 4.69) is 29.2 Å². The summed E-state index contributed by atoms with van der Waals surface area (Å²) in [5.74, 6) is 1.02. The molecule has 1 aromatic rings. The molecule has 4 nitrogen and oxygen atoms in total. The number of hydrogen-bond donors (Lipinski definition) is 0. The summed E-state index contributed by atoms with van der Waals surface area (Å²) in [7, 11) is -3.01. The highest BCUT2D eigenvalue weighted by Gasteiger charge is 2.42. The van der Waals surface area contributed by atoms with Gasteiger partial charge in [0, 0.05) is 32.7 Å². The van der Waals surface area contributed by atoms with Crippen LogP contribution in [0.4, 0.5) is 0 Å². The van der Waals surface area contributed by atoms with Crippen LogP contribution in [0.2, 0.25) is 0 Å². The first-order chi connectivity index (χ1) is 9.02. The lowest BCUT2D eigenvalue weighted by molar-refractivity contribution is 0.290. The zero-order chi connectivity index (χ0) is 13.5. The summed E-state index contributed by atoms with van der Waals surface area (Å²) in [6.07, 6.45) is 1.32. The molecule has 0 radical (unpaired) electrons. The molecule has 5 heteroatoms. The molecule has 2 saturated heterocycles. The number of hydrogen-bond acceptors (Lipinski definition) is 3. The van der Waals surface area contributed by atoms with Crippen LogP contribution in [-0.4, -0.2) is 50.1 Å². The first-order valence-corrected chi connectivity index (χ1v) is 8.58. The van der Waals surface area contributed by atoms with Crippen LogP contribution >= 0.6 is 0 Å². The van der Waals surface area contributed by atoms with E-state index in [4.69, 9.17) is 0 Å². The quantitative estimate of drug-likeness (QED) is 0.830. The third kappa shape index (κ3) is 2.83. The van der Waals surface area contributed by atoms with Crippen molar-refractivity contribution in [2.45, 2.75) is 6.54 Å². The predicted octanol–water partition coefficient (Wildman–Crippen LogP) is 1.01. The third-order valence-electron chi connectivity index (χ3n) is 4.25. The van der Waals surface area contributed by atoms with Crippen molar-refractivity contribution < 1.29 is 8.42 Å². The smallest absolute Gasteiger partial charge is 0.211 e. The fourth-order valence-corrected chi connectivity index (χ4v) is 4.21. The summed E-state index contributed by atoms with van der Waals surface area (Å²) in [6, 6.07) is 10.5. The van der Waals surface area contributed by atoms with Gasteiger partial charge in [-0.1, -0.05) is 30.3 Å². The first-order valence-electron chi connectivity index (χ1n) is 6.74. The molecule has 0 aliphatic carbocycles. The summed E-state index contributed by atoms with van der Waals surface area (Å²) in [4.78, 5) is 2.45. The molecule has 2 atom stereocenters. The van der Waals surface area contributed by atoms with Gasteiger partial charge in [-0.3, -0.25) is 4.90 Å². The van der Waals surface area contributed by atoms with E-state index in [-0.39, 0.29) is 0 Å².